The maximum absolute atomic E-state index is 12.6. The summed E-state index contributed by atoms with van der Waals surface area (Å²) < 4.78 is 11.1. The van der Waals surface area contributed by atoms with E-state index in [2.05, 4.69) is 6.07 Å². The number of carboxylic acid groups (broad SMARTS) is 1. The molecule has 2 aliphatic carbocycles. The highest BCUT2D eigenvalue weighted by Gasteiger charge is 2.78. The van der Waals surface area contributed by atoms with Crippen molar-refractivity contribution in [2.75, 3.05) is 0 Å². The van der Waals surface area contributed by atoms with Gasteiger partial charge in [0.05, 0.1) is 12.0 Å². The van der Waals surface area contributed by atoms with E-state index in [1.807, 2.05) is 44.2 Å². The molecular weight excluding hydrogens is 406 g/mol. The first kappa shape index (κ1) is 21.6. The van der Waals surface area contributed by atoms with E-state index in [1.165, 1.54) is 6.08 Å². The molecule has 3 atom stereocenters. The number of carbonyl (C=O) groups is 2. The maximum atomic E-state index is 12.6. The summed E-state index contributed by atoms with van der Waals surface area (Å²) in [4.78, 5) is 24.6. The largest absolute Gasteiger partial charge is 0.481 e. The first-order valence-electron chi connectivity index (χ1n) is 10.7. The lowest BCUT2D eigenvalue weighted by Gasteiger charge is -2.22. The summed E-state index contributed by atoms with van der Waals surface area (Å²) in [6.07, 6.45) is 4.60. The number of para-hydroxylation sites is 1. The van der Waals surface area contributed by atoms with Crippen LogP contribution < -0.4 is 4.74 Å². The van der Waals surface area contributed by atoms with Crippen LogP contribution in [0.5, 0.6) is 11.5 Å². The third-order valence-electron chi connectivity index (χ3n) is 6.59. The molecule has 0 heterocycles. The first-order chi connectivity index (χ1) is 15.3. The van der Waals surface area contributed by atoms with Gasteiger partial charge in [0.2, 0.25) is 0 Å². The van der Waals surface area contributed by atoms with E-state index in [0.29, 0.717) is 17.1 Å². The Kier molecular flexibility index (Phi) is 5.52. The van der Waals surface area contributed by atoms with Gasteiger partial charge in [0.15, 0.2) is 0 Å². The highest BCUT2D eigenvalue weighted by Crippen LogP contribution is 2.75. The summed E-state index contributed by atoms with van der Waals surface area (Å²) in [5.41, 5.74) is -1.54. The Morgan fingerprint density at radius 1 is 1.12 bits per heavy atom. The van der Waals surface area contributed by atoms with Crippen molar-refractivity contribution in [2.24, 2.45) is 16.7 Å². The third kappa shape index (κ3) is 3.75. The molecule has 0 aliphatic heterocycles. The minimum Gasteiger partial charge on any atom is -0.481 e. The van der Waals surface area contributed by atoms with Crippen molar-refractivity contribution in [1.82, 2.24) is 0 Å². The molecule has 4 rings (SSSR count). The Morgan fingerprint density at radius 2 is 1.81 bits per heavy atom. The van der Waals surface area contributed by atoms with Gasteiger partial charge in [-0.1, -0.05) is 50.3 Å². The van der Waals surface area contributed by atoms with Crippen molar-refractivity contribution in [1.29, 1.82) is 5.26 Å². The zero-order valence-electron chi connectivity index (χ0n) is 18.0. The minimum atomic E-state index is -1.37. The van der Waals surface area contributed by atoms with Gasteiger partial charge in [-0.05, 0) is 48.1 Å². The topological polar surface area (TPSA) is 96.6 Å². The molecule has 0 saturated heterocycles. The van der Waals surface area contributed by atoms with E-state index in [0.717, 1.165) is 12.8 Å². The van der Waals surface area contributed by atoms with Crippen molar-refractivity contribution in [3.05, 3.63) is 72.3 Å². The number of benzene rings is 2. The number of carboxylic acids is 1. The molecular formula is C26H25NO5. The van der Waals surface area contributed by atoms with Crippen LogP contribution in [0.3, 0.4) is 0 Å². The summed E-state index contributed by atoms with van der Waals surface area (Å²) in [6.45, 7) is 3.63. The Labute approximate surface area is 187 Å². The summed E-state index contributed by atoms with van der Waals surface area (Å²) in [5.74, 6) is -1.79. The number of esters is 1. The first-order valence-corrected chi connectivity index (χ1v) is 10.7. The van der Waals surface area contributed by atoms with Gasteiger partial charge in [0, 0.05) is 12.0 Å². The highest BCUT2D eigenvalue weighted by atomic mass is 16.5. The molecule has 2 aromatic rings. The second-order valence-electron chi connectivity index (χ2n) is 8.92. The van der Waals surface area contributed by atoms with E-state index in [-0.39, 0.29) is 6.10 Å². The van der Waals surface area contributed by atoms with Gasteiger partial charge in [0.1, 0.15) is 23.0 Å². The average molecular weight is 431 g/mol. The normalized spacial score (nSPS) is 24.3. The predicted molar refractivity (Wildman–Crippen MR) is 117 cm³/mol. The van der Waals surface area contributed by atoms with Crippen molar-refractivity contribution >= 4 is 11.9 Å². The molecule has 1 unspecified atom stereocenters. The number of aliphatic carboxylic acids is 1. The van der Waals surface area contributed by atoms with Crippen LogP contribution >= 0.6 is 0 Å². The average Bonchev–Trinajstić information content (AvgIpc) is 3.65. The van der Waals surface area contributed by atoms with Crippen molar-refractivity contribution in [3.8, 4) is 17.6 Å². The fourth-order valence-electron chi connectivity index (χ4n) is 4.70. The van der Waals surface area contributed by atoms with Crippen LogP contribution in [0.4, 0.5) is 0 Å². The van der Waals surface area contributed by atoms with E-state index in [1.54, 1.807) is 30.3 Å². The molecule has 2 saturated carbocycles. The molecule has 32 heavy (non-hydrogen) atoms. The SMILES string of the molecule is CC1(C)[C@H](C=CC(=O)OC2CC2)[C@@]1(C(=O)O)C(C#N)c1cccc(Oc2ccccc2)c1. The van der Waals surface area contributed by atoms with Crippen LogP contribution in [0.1, 0.15) is 38.2 Å². The van der Waals surface area contributed by atoms with Gasteiger partial charge in [-0.15, -0.1) is 0 Å². The molecule has 0 spiro atoms. The minimum absolute atomic E-state index is 0.0252. The van der Waals surface area contributed by atoms with Gasteiger partial charge < -0.3 is 14.6 Å². The molecule has 2 fully saturated rings. The summed E-state index contributed by atoms with van der Waals surface area (Å²) in [6, 6.07) is 18.4. The van der Waals surface area contributed by atoms with Gasteiger partial charge in [-0.2, -0.15) is 5.26 Å². The molecule has 0 amide bonds. The summed E-state index contributed by atoms with van der Waals surface area (Å²) in [5, 5.41) is 20.3. The van der Waals surface area contributed by atoms with Crippen LogP contribution in [-0.4, -0.2) is 23.1 Å². The maximum Gasteiger partial charge on any atom is 0.330 e. The number of carbonyl (C=O) groups excluding carboxylic acids is 1. The number of rotatable bonds is 8. The van der Waals surface area contributed by atoms with E-state index in [9.17, 15) is 20.0 Å². The van der Waals surface area contributed by atoms with Gasteiger partial charge in [-0.25, -0.2) is 4.79 Å². The number of hydrogen-bond donors (Lipinski definition) is 1. The molecule has 164 valence electrons. The monoisotopic (exact) mass is 431 g/mol. The lowest BCUT2D eigenvalue weighted by Crippen LogP contribution is -2.28. The van der Waals surface area contributed by atoms with Gasteiger partial charge in [0.25, 0.3) is 0 Å². The number of nitrogens with zero attached hydrogens (tertiary/aromatic N) is 1. The Morgan fingerprint density at radius 3 is 2.44 bits per heavy atom. The van der Waals surface area contributed by atoms with E-state index < -0.39 is 34.6 Å². The fraction of sp³-hybridized carbons (Fsp3) is 0.346. The van der Waals surface area contributed by atoms with Crippen LogP contribution in [0.2, 0.25) is 0 Å². The van der Waals surface area contributed by atoms with Crippen LogP contribution in [-0.2, 0) is 14.3 Å². The van der Waals surface area contributed by atoms with Crippen LogP contribution in [0.15, 0.2) is 66.7 Å². The fourth-order valence-corrected chi connectivity index (χ4v) is 4.70. The Hall–Kier alpha value is -3.59. The highest BCUT2D eigenvalue weighted by molar-refractivity contribution is 5.86. The molecule has 6 nitrogen and oxygen atoms in total. The summed E-state index contributed by atoms with van der Waals surface area (Å²) in [7, 11) is 0. The van der Waals surface area contributed by atoms with Crippen LogP contribution in [0.25, 0.3) is 0 Å². The zero-order chi connectivity index (χ0) is 22.9. The summed E-state index contributed by atoms with van der Waals surface area (Å²) >= 11 is 0. The molecule has 2 aliphatic rings. The smallest absolute Gasteiger partial charge is 0.330 e. The molecule has 2 aromatic carbocycles. The molecule has 0 bridgehead atoms. The lowest BCUT2D eigenvalue weighted by atomic mass is 9.78. The number of allylic oxidation sites excluding steroid dienone is 1. The second-order valence-corrected chi connectivity index (χ2v) is 8.92. The van der Waals surface area contributed by atoms with Gasteiger partial charge in [-0.3, -0.25) is 4.79 Å². The molecule has 0 aromatic heterocycles. The number of nitriles is 1. The second kappa shape index (κ2) is 8.16. The quantitative estimate of drug-likeness (QED) is 0.463. The lowest BCUT2D eigenvalue weighted by molar-refractivity contribution is -0.145. The van der Waals surface area contributed by atoms with Crippen LogP contribution in [0, 0.1) is 28.1 Å². The Bertz CT molecular complexity index is 1100. The van der Waals surface area contributed by atoms with Crippen molar-refractivity contribution in [3.63, 3.8) is 0 Å². The molecule has 0 radical (unpaired) electrons. The molecule has 6 heteroatoms. The standard InChI is InChI=1S/C26H25NO5/c1-25(2)22(13-14-23(28)32-19-11-12-19)26(25,24(29)30)21(16-27)17-7-6-10-20(15-17)31-18-8-4-3-5-9-18/h3-10,13-15,19,21-22H,11-12H2,1-2H3,(H,29,30)/t21?,22-,26+/m0/s1. The Balaban J connectivity index is 1.63. The zero-order valence-corrected chi connectivity index (χ0v) is 18.0. The van der Waals surface area contributed by atoms with Crippen molar-refractivity contribution < 1.29 is 24.2 Å². The third-order valence-corrected chi connectivity index (χ3v) is 6.59. The number of hydrogen-bond acceptors (Lipinski definition) is 5. The van der Waals surface area contributed by atoms with E-state index >= 15 is 0 Å². The predicted octanol–water partition coefficient (Wildman–Crippen LogP) is 5.07. The van der Waals surface area contributed by atoms with Crippen molar-refractivity contribution in [2.45, 2.75) is 38.7 Å². The van der Waals surface area contributed by atoms with E-state index in [4.69, 9.17) is 9.47 Å². The number of ether oxygens (including phenoxy) is 2. The van der Waals surface area contributed by atoms with Gasteiger partial charge >= 0.3 is 11.9 Å². The molecule has 1 N–H and O–H groups in total.